The molecule has 6 heteroatoms. The molecule has 0 saturated carbocycles. The fourth-order valence-corrected chi connectivity index (χ4v) is 3.03. The highest BCUT2D eigenvalue weighted by Crippen LogP contribution is 2.24. The number of rotatable bonds is 5. The molecule has 0 aliphatic carbocycles. The maximum Gasteiger partial charge on any atom is 0.187 e. The van der Waals surface area contributed by atoms with Gasteiger partial charge < -0.3 is 9.30 Å². The van der Waals surface area contributed by atoms with Crippen LogP contribution in [0.5, 0.6) is 5.75 Å². The summed E-state index contributed by atoms with van der Waals surface area (Å²) in [5.74, 6) is 0.750. The van der Waals surface area contributed by atoms with Crippen LogP contribution >= 0.6 is 0 Å². The molecule has 1 aromatic heterocycles. The van der Waals surface area contributed by atoms with Crippen molar-refractivity contribution in [1.82, 2.24) is 14.8 Å². The van der Waals surface area contributed by atoms with Gasteiger partial charge in [0.2, 0.25) is 0 Å². The van der Waals surface area contributed by atoms with Crippen LogP contribution in [-0.2, 0) is 13.0 Å². The molecule has 0 bridgehead atoms. The second-order valence-electron chi connectivity index (χ2n) is 5.82. The van der Waals surface area contributed by atoms with Gasteiger partial charge in [0.25, 0.3) is 0 Å². The van der Waals surface area contributed by atoms with Gasteiger partial charge in [0.05, 0.1) is 12.7 Å². The summed E-state index contributed by atoms with van der Waals surface area (Å²) in [5.41, 5.74) is 0.457. The minimum absolute atomic E-state index is 0.265. The summed E-state index contributed by atoms with van der Waals surface area (Å²) in [6.07, 6.45) is 4.06. The van der Waals surface area contributed by atoms with Crippen molar-refractivity contribution < 1.29 is 9.53 Å². The number of hydrogen-bond acceptors (Lipinski definition) is 5. The zero-order valence-electron chi connectivity index (χ0n) is 13.7. The molecule has 0 spiro atoms. The van der Waals surface area contributed by atoms with Gasteiger partial charge in [-0.2, -0.15) is 5.26 Å². The Morgan fingerprint density at radius 2 is 2.25 bits per heavy atom. The molecule has 1 aliphatic heterocycles. The zero-order chi connectivity index (χ0) is 16.9. The summed E-state index contributed by atoms with van der Waals surface area (Å²) in [4.78, 5) is 12.8. The average molecular weight is 324 g/mol. The summed E-state index contributed by atoms with van der Waals surface area (Å²) < 4.78 is 7.39. The third kappa shape index (κ3) is 3.16. The van der Waals surface area contributed by atoms with Crippen molar-refractivity contribution in [2.24, 2.45) is 0 Å². The molecule has 1 atom stereocenters. The van der Waals surface area contributed by atoms with E-state index in [0.717, 1.165) is 38.1 Å². The lowest BCUT2D eigenvalue weighted by Crippen LogP contribution is -2.17. The van der Waals surface area contributed by atoms with Crippen molar-refractivity contribution in [3.63, 3.8) is 0 Å². The standard InChI is InChI=1S/C18H20N4O2/c1-2-24-14-8-6-7-13(11-14)17(23)15(12-19)18-21-20-16-9-4-3-5-10-22(16)18/h6-8,11,15H,2-5,9-10H2,1H3/t15-/m0/s1. The predicted octanol–water partition coefficient (Wildman–Crippen LogP) is 2.89. The number of carbonyl (C=O) groups is 1. The fraction of sp³-hybridized carbons (Fsp3) is 0.444. The molecule has 3 rings (SSSR count). The highest BCUT2D eigenvalue weighted by atomic mass is 16.5. The first kappa shape index (κ1) is 16.2. The zero-order valence-corrected chi connectivity index (χ0v) is 13.7. The van der Waals surface area contributed by atoms with Crippen molar-refractivity contribution in [1.29, 1.82) is 5.26 Å². The molecule has 0 amide bonds. The Hall–Kier alpha value is -2.68. The maximum atomic E-state index is 12.8. The SMILES string of the molecule is CCOc1cccc(C(=O)[C@H](C#N)c2nnc3n2CCCCC3)c1. The van der Waals surface area contributed by atoms with Gasteiger partial charge in [0.15, 0.2) is 17.5 Å². The number of ether oxygens (including phenoxy) is 1. The summed E-state index contributed by atoms with van der Waals surface area (Å²) in [6.45, 7) is 3.18. The molecule has 6 nitrogen and oxygen atoms in total. The van der Waals surface area contributed by atoms with Gasteiger partial charge in [0, 0.05) is 18.5 Å². The Kier molecular flexibility index (Phi) is 4.90. The molecule has 0 N–H and O–H groups in total. The van der Waals surface area contributed by atoms with Gasteiger partial charge in [-0.05, 0) is 31.9 Å². The molecular weight excluding hydrogens is 304 g/mol. The highest BCUT2D eigenvalue weighted by Gasteiger charge is 2.29. The fourth-order valence-electron chi connectivity index (χ4n) is 3.03. The first-order chi connectivity index (χ1) is 11.7. The van der Waals surface area contributed by atoms with E-state index in [9.17, 15) is 10.1 Å². The second kappa shape index (κ2) is 7.26. The van der Waals surface area contributed by atoms with Gasteiger partial charge >= 0.3 is 0 Å². The third-order valence-electron chi connectivity index (χ3n) is 4.22. The van der Waals surface area contributed by atoms with Crippen LogP contribution in [0.4, 0.5) is 0 Å². The van der Waals surface area contributed by atoms with Crippen molar-refractivity contribution in [3.05, 3.63) is 41.5 Å². The number of Topliss-reactive ketones (excluding diaryl/α,β-unsaturated/α-hetero) is 1. The van der Waals surface area contributed by atoms with Gasteiger partial charge in [-0.25, -0.2) is 0 Å². The monoisotopic (exact) mass is 324 g/mol. The number of ketones is 1. The number of aromatic nitrogens is 3. The molecule has 1 aliphatic rings. The molecule has 24 heavy (non-hydrogen) atoms. The van der Waals surface area contributed by atoms with E-state index in [2.05, 4.69) is 16.3 Å². The largest absolute Gasteiger partial charge is 0.494 e. The normalized spacial score (nSPS) is 15.0. The summed E-state index contributed by atoms with van der Waals surface area (Å²) >= 11 is 0. The average Bonchev–Trinajstić information content (AvgIpc) is 2.84. The minimum Gasteiger partial charge on any atom is -0.494 e. The number of carbonyl (C=O) groups excluding carboxylic acids is 1. The number of nitriles is 1. The smallest absolute Gasteiger partial charge is 0.187 e. The minimum atomic E-state index is -0.943. The van der Waals surface area contributed by atoms with Crippen LogP contribution in [0.2, 0.25) is 0 Å². The van der Waals surface area contributed by atoms with E-state index in [-0.39, 0.29) is 5.78 Å². The van der Waals surface area contributed by atoms with Crippen molar-refractivity contribution >= 4 is 5.78 Å². The van der Waals surface area contributed by atoms with Crippen LogP contribution in [0.1, 0.15) is 54.1 Å². The van der Waals surface area contributed by atoms with E-state index >= 15 is 0 Å². The predicted molar refractivity (Wildman–Crippen MR) is 87.9 cm³/mol. The van der Waals surface area contributed by atoms with E-state index in [1.165, 1.54) is 0 Å². The molecule has 0 radical (unpaired) electrons. The third-order valence-corrected chi connectivity index (χ3v) is 4.22. The number of hydrogen-bond donors (Lipinski definition) is 0. The van der Waals surface area contributed by atoms with Crippen LogP contribution in [0.25, 0.3) is 0 Å². The van der Waals surface area contributed by atoms with Gasteiger partial charge in [-0.15, -0.1) is 10.2 Å². The lowest BCUT2D eigenvalue weighted by Gasteiger charge is -2.12. The number of aryl methyl sites for hydroxylation is 1. The molecule has 0 saturated heterocycles. The lowest BCUT2D eigenvalue weighted by molar-refractivity contribution is 0.0974. The topological polar surface area (TPSA) is 80.8 Å². The molecule has 0 fully saturated rings. The Labute approximate surface area is 141 Å². The van der Waals surface area contributed by atoms with Gasteiger partial charge in [-0.1, -0.05) is 18.6 Å². The van der Waals surface area contributed by atoms with Crippen LogP contribution in [0.15, 0.2) is 24.3 Å². The lowest BCUT2D eigenvalue weighted by atomic mass is 9.97. The molecule has 2 heterocycles. The van der Waals surface area contributed by atoms with Crippen molar-refractivity contribution in [2.45, 2.75) is 45.1 Å². The number of nitrogens with zero attached hydrogens (tertiary/aromatic N) is 4. The molecule has 1 aromatic carbocycles. The van der Waals surface area contributed by atoms with E-state index in [1.54, 1.807) is 24.3 Å². The summed E-state index contributed by atoms with van der Waals surface area (Å²) in [5, 5.41) is 17.9. The van der Waals surface area contributed by atoms with Crippen molar-refractivity contribution in [3.8, 4) is 11.8 Å². The Bertz CT molecular complexity index is 776. The van der Waals surface area contributed by atoms with E-state index in [1.807, 2.05) is 11.5 Å². The molecule has 0 unspecified atom stereocenters. The van der Waals surface area contributed by atoms with Crippen molar-refractivity contribution in [2.75, 3.05) is 6.61 Å². The molecule has 2 aromatic rings. The quantitative estimate of drug-likeness (QED) is 0.790. The van der Waals surface area contributed by atoms with Crippen LogP contribution in [-0.4, -0.2) is 27.2 Å². The first-order valence-electron chi connectivity index (χ1n) is 8.33. The summed E-state index contributed by atoms with van der Waals surface area (Å²) in [7, 11) is 0. The van der Waals surface area contributed by atoms with E-state index in [0.29, 0.717) is 23.7 Å². The maximum absolute atomic E-state index is 12.8. The van der Waals surface area contributed by atoms with Gasteiger partial charge in [-0.3, -0.25) is 4.79 Å². The molecule has 124 valence electrons. The van der Waals surface area contributed by atoms with Gasteiger partial charge in [0.1, 0.15) is 11.6 Å². The van der Waals surface area contributed by atoms with E-state index in [4.69, 9.17) is 4.74 Å². The molecular formula is C18H20N4O2. The Balaban J connectivity index is 1.92. The van der Waals surface area contributed by atoms with Crippen LogP contribution in [0, 0.1) is 11.3 Å². The first-order valence-corrected chi connectivity index (χ1v) is 8.33. The van der Waals surface area contributed by atoms with Crippen LogP contribution in [0.3, 0.4) is 0 Å². The number of fused-ring (bicyclic) bond motifs is 1. The van der Waals surface area contributed by atoms with Crippen LogP contribution < -0.4 is 4.74 Å². The Morgan fingerprint density at radius 3 is 3.04 bits per heavy atom. The Morgan fingerprint density at radius 1 is 1.38 bits per heavy atom. The summed E-state index contributed by atoms with van der Waals surface area (Å²) in [6, 6.07) is 9.05. The van der Waals surface area contributed by atoms with E-state index < -0.39 is 5.92 Å². The second-order valence-corrected chi connectivity index (χ2v) is 5.82. The number of benzene rings is 1. The highest BCUT2D eigenvalue weighted by molar-refractivity contribution is 6.02.